The number of aliphatic imine (C=N–C) groups is 1. The van der Waals surface area contributed by atoms with Crippen molar-refractivity contribution in [2.45, 2.75) is 32.6 Å². The molecule has 2 amide bonds. The minimum Gasteiger partial charge on any atom is -0.384 e. The fourth-order valence-electron chi connectivity index (χ4n) is 4.77. The van der Waals surface area contributed by atoms with E-state index in [1.165, 1.54) is 4.57 Å². The van der Waals surface area contributed by atoms with Crippen molar-refractivity contribution in [3.8, 4) is 0 Å². The summed E-state index contributed by atoms with van der Waals surface area (Å²) in [6.07, 6.45) is 0.692. The molecule has 2 aliphatic rings. The van der Waals surface area contributed by atoms with Gasteiger partial charge in [-0.25, -0.2) is 13.8 Å². The van der Waals surface area contributed by atoms with Crippen LogP contribution in [0.2, 0.25) is 0 Å². The first-order valence-corrected chi connectivity index (χ1v) is 11.5. The molecule has 3 heterocycles. The van der Waals surface area contributed by atoms with E-state index in [9.17, 15) is 18.4 Å². The van der Waals surface area contributed by atoms with Crippen LogP contribution in [-0.2, 0) is 9.59 Å². The van der Waals surface area contributed by atoms with Gasteiger partial charge in [-0.05, 0) is 43.9 Å². The molecule has 2 N–H and O–H groups in total. The number of nitrogens with two attached hydrogens (primary N) is 1. The Morgan fingerprint density at radius 2 is 2.06 bits per heavy atom. The van der Waals surface area contributed by atoms with E-state index in [1.807, 2.05) is 4.90 Å². The summed E-state index contributed by atoms with van der Waals surface area (Å²) in [6, 6.07) is 6.96. The highest BCUT2D eigenvalue weighted by Crippen LogP contribution is 2.27. The Morgan fingerprint density at radius 1 is 1.29 bits per heavy atom. The van der Waals surface area contributed by atoms with Gasteiger partial charge in [0.1, 0.15) is 5.84 Å². The third-order valence-electron chi connectivity index (χ3n) is 6.60. The zero-order chi connectivity index (χ0) is 24.4. The van der Waals surface area contributed by atoms with Gasteiger partial charge in [-0.15, -0.1) is 0 Å². The minimum absolute atomic E-state index is 0.0841. The second kappa shape index (κ2) is 9.90. The summed E-state index contributed by atoms with van der Waals surface area (Å²) < 4.78 is 28.5. The number of allylic oxidation sites excluding steroid dienone is 1. The highest BCUT2D eigenvalue weighted by Gasteiger charge is 2.34. The molecule has 1 aromatic heterocycles. The topological polar surface area (TPSA) is 96.8 Å². The number of piperidine rings is 1. The highest BCUT2D eigenvalue weighted by atomic mass is 19.3. The number of carbonyl (C=O) groups is 2. The number of hydrogen-bond donors (Lipinski definition) is 1. The molecule has 2 aromatic rings. The van der Waals surface area contributed by atoms with Crippen LogP contribution in [0.1, 0.15) is 38.4 Å². The molecule has 0 radical (unpaired) electrons. The number of aromatic nitrogens is 2. The molecule has 10 heteroatoms. The summed E-state index contributed by atoms with van der Waals surface area (Å²) in [5.74, 6) is 0.136. The van der Waals surface area contributed by atoms with E-state index in [0.717, 1.165) is 6.42 Å². The summed E-state index contributed by atoms with van der Waals surface area (Å²) in [5.41, 5.74) is 7.68. The van der Waals surface area contributed by atoms with Crippen LogP contribution in [0.3, 0.4) is 0 Å². The molecule has 1 unspecified atom stereocenters. The molecule has 8 nitrogen and oxygen atoms in total. The van der Waals surface area contributed by atoms with Crippen molar-refractivity contribution in [3.63, 3.8) is 0 Å². The number of amidine groups is 1. The van der Waals surface area contributed by atoms with Gasteiger partial charge in [0.25, 0.3) is 6.43 Å². The Balaban J connectivity index is 1.40. The molecule has 0 spiro atoms. The van der Waals surface area contributed by atoms with Crippen molar-refractivity contribution >= 4 is 34.4 Å². The fraction of sp³-hybridized carbons (Fsp3) is 0.500. The van der Waals surface area contributed by atoms with Gasteiger partial charge < -0.3 is 15.5 Å². The van der Waals surface area contributed by atoms with Gasteiger partial charge in [0.05, 0.1) is 17.0 Å². The van der Waals surface area contributed by atoms with Crippen LogP contribution >= 0.6 is 0 Å². The van der Waals surface area contributed by atoms with Crippen LogP contribution in [-0.4, -0.2) is 70.2 Å². The van der Waals surface area contributed by atoms with Gasteiger partial charge in [-0.3, -0.25) is 19.1 Å². The lowest BCUT2D eigenvalue weighted by Gasteiger charge is -2.31. The second-order valence-electron chi connectivity index (χ2n) is 9.09. The van der Waals surface area contributed by atoms with E-state index >= 15 is 0 Å². The summed E-state index contributed by atoms with van der Waals surface area (Å²) in [5, 5.41) is 0. The van der Waals surface area contributed by atoms with E-state index < -0.39 is 6.43 Å². The van der Waals surface area contributed by atoms with Gasteiger partial charge >= 0.3 is 0 Å². The zero-order valence-corrected chi connectivity index (χ0v) is 19.5. The van der Waals surface area contributed by atoms with Crippen molar-refractivity contribution in [2.75, 3.05) is 33.2 Å². The lowest BCUT2D eigenvalue weighted by molar-refractivity contribution is -0.141. The Morgan fingerprint density at radius 3 is 2.79 bits per heavy atom. The number of hydrogen-bond acceptors (Lipinski definition) is 4. The predicted octanol–water partition coefficient (Wildman–Crippen LogP) is 2.91. The second-order valence-corrected chi connectivity index (χ2v) is 9.09. The summed E-state index contributed by atoms with van der Waals surface area (Å²) >= 11 is 0. The Labute approximate surface area is 197 Å². The minimum atomic E-state index is -2.72. The van der Waals surface area contributed by atoms with Crippen molar-refractivity contribution in [1.82, 2.24) is 19.4 Å². The monoisotopic (exact) mass is 472 g/mol. The number of rotatable bonds is 6. The molecule has 34 heavy (non-hydrogen) atoms. The number of fused-ring (bicyclic) bond motifs is 1. The van der Waals surface area contributed by atoms with Crippen LogP contribution in [0.5, 0.6) is 0 Å². The molecule has 2 saturated heterocycles. The van der Waals surface area contributed by atoms with Crippen molar-refractivity contribution < 1.29 is 18.4 Å². The maximum atomic E-state index is 13.6. The maximum absolute atomic E-state index is 13.6. The van der Waals surface area contributed by atoms with E-state index in [0.29, 0.717) is 55.8 Å². The molecule has 2 fully saturated rings. The summed E-state index contributed by atoms with van der Waals surface area (Å²) in [6.45, 7) is 3.89. The molecule has 182 valence electrons. The number of benzene rings is 1. The molecule has 0 aliphatic carbocycles. The van der Waals surface area contributed by atoms with Gasteiger partial charge in [-0.2, -0.15) is 0 Å². The van der Waals surface area contributed by atoms with Gasteiger partial charge in [-0.1, -0.05) is 12.1 Å². The first-order chi connectivity index (χ1) is 16.2. The van der Waals surface area contributed by atoms with E-state index in [1.54, 1.807) is 49.2 Å². The summed E-state index contributed by atoms with van der Waals surface area (Å²) in [7, 11) is 1.73. The average Bonchev–Trinajstić information content (AvgIpc) is 3.44. The lowest BCUT2D eigenvalue weighted by atomic mass is 9.96. The lowest BCUT2D eigenvalue weighted by Crippen LogP contribution is -2.45. The van der Waals surface area contributed by atoms with Crippen LogP contribution in [0.25, 0.3) is 16.7 Å². The Hall–Kier alpha value is -3.30. The van der Waals surface area contributed by atoms with Crippen molar-refractivity contribution in [1.29, 1.82) is 0 Å². The number of amides is 2. The van der Waals surface area contributed by atoms with Crippen molar-refractivity contribution in [2.24, 2.45) is 22.6 Å². The number of para-hydroxylation sites is 2. The first-order valence-electron chi connectivity index (χ1n) is 11.5. The molecule has 0 bridgehead atoms. The van der Waals surface area contributed by atoms with Crippen LogP contribution < -0.4 is 5.73 Å². The van der Waals surface area contributed by atoms with Crippen LogP contribution in [0.4, 0.5) is 8.78 Å². The maximum Gasteiger partial charge on any atom is 0.295 e. The average molecular weight is 473 g/mol. The molecular weight excluding hydrogens is 442 g/mol. The number of alkyl halides is 2. The Kier molecular flexibility index (Phi) is 6.95. The number of imidazole rings is 1. The summed E-state index contributed by atoms with van der Waals surface area (Å²) in [4.78, 5) is 36.5. The number of carbonyl (C=O) groups excluding carboxylic acids is 2. The number of halogens is 2. The van der Waals surface area contributed by atoms with Gasteiger partial charge in [0, 0.05) is 45.3 Å². The smallest absolute Gasteiger partial charge is 0.295 e. The standard InChI is InChI=1S/C24H30F2N6O2/c1-15(32-19-6-4-3-5-18(19)29-23(32)22(25)26)11-20(27)28-12-16-9-10-31(13-16)24(34)17-7-8-21(33)30(2)14-17/h3-6,11,16-17,22H,7-10,12-14H2,1-2H3,(H2,27,28)/b15-11+/t16-,17?/m1/s1. The molecule has 4 rings (SSSR count). The molecule has 2 aliphatic heterocycles. The fourth-order valence-corrected chi connectivity index (χ4v) is 4.77. The third kappa shape index (κ3) is 4.95. The normalized spacial score (nSPS) is 22.3. The largest absolute Gasteiger partial charge is 0.384 e. The number of nitrogens with zero attached hydrogens (tertiary/aromatic N) is 5. The quantitative estimate of drug-likeness (QED) is 0.516. The molecular formula is C24H30F2N6O2. The van der Waals surface area contributed by atoms with Crippen LogP contribution in [0, 0.1) is 11.8 Å². The van der Waals surface area contributed by atoms with Crippen LogP contribution in [0.15, 0.2) is 35.3 Å². The number of likely N-dealkylation sites (tertiary alicyclic amines) is 2. The van der Waals surface area contributed by atoms with Gasteiger partial charge in [0.2, 0.25) is 11.8 Å². The molecule has 0 saturated carbocycles. The van der Waals surface area contributed by atoms with Gasteiger partial charge in [0.15, 0.2) is 5.82 Å². The highest BCUT2D eigenvalue weighted by molar-refractivity contribution is 5.96. The Bertz CT molecular complexity index is 1140. The van der Waals surface area contributed by atoms with E-state index in [4.69, 9.17) is 5.73 Å². The first kappa shape index (κ1) is 23.8. The van der Waals surface area contributed by atoms with E-state index in [-0.39, 0.29) is 35.3 Å². The zero-order valence-electron chi connectivity index (χ0n) is 19.5. The molecule has 1 aromatic carbocycles. The van der Waals surface area contributed by atoms with E-state index in [2.05, 4.69) is 9.98 Å². The van der Waals surface area contributed by atoms with Crippen molar-refractivity contribution in [3.05, 3.63) is 36.2 Å². The SMILES string of the molecule is C/C(=C\C(N)=NC[C@H]1CCN(C(=O)C2CCC(=O)N(C)C2)C1)n1c(C(F)F)nc2ccccc21. The molecule has 2 atom stereocenters. The predicted molar refractivity (Wildman–Crippen MR) is 126 cm³/mol. The third-order valence-corrected chi connectivity index (χ3v) is 6.60.